The molecule has 0 bridgehead atoms. The number of anilines is 1. The summed E-state index contributed by atoms with van der Waals surface area (Å²) in [5.74, 6) is -1.37. The van der Waals surface area contributed by atoms with E-state index in [4.69, 9.17) is 10.3 Å². The monoisotopic (exact) mass is 398 g/mol. The third kappa shape index (κ3) is 2.51. The van der Waals surface area contributed by atoms with Gasteiger partial charge in [0, 0.05) is 20.8 Å². The van der Waals surface area contributed by atoms with Gasteiger partial charge in [0.25, 0.3) is 0 Å². The fourth-order valence-electron chi connectivity index (χ4n) is 2.09. The summed E-state index contributed by atoms with van der Waals surface area (Å²) in [7, 11) is 0. The van der Waals surface area contributed by atoms with Crippen LogP contribution in [0.3, 0.4) is 0 Å². The van der Waals surface area contributed by atoms with Crippen molar-refractivity contribution < 1.29 is 13.3 Å². The molecule has 3 aromatic rings. The van der Waals surface area contributed by atoms with Crippen molar-refractivity contribution in [1.82, 2.24) is 5.16 Å². The first-order valence-corrected chi connectivity index (χ1v) is 7.11. The lowest BCUT2D eigenvalue weighted by atomic mass is 10.0. The van der Waals surface area contributed by atoms with Crippen molar-refractivity contribution in [3.63, 3.8) is 0 Å². The van der Waals surface area contributed by atoms with E-state index in [9.17, 15) is 8.78 Å². The van der Waals surface area contributed by atoms with Gasteiger partial charge in [-0.25, -0.2) is 8.78 Å². The minimum Gasteiger partial charge on any atom is -0.367 e. The largest absolute Gasteiger partial charge is 0.367 e. The highest BCUT2D eigenvalue weighted by molar-refractivity contribution is 14.1. The van der Waals surface area contributed by atoms with Crippen LogP contribution in [0.25, 0.3) is 22.4 Å². The molecule has 0 saturated heterocycles. The van der Waals surface area contributed by atoms with Crippen LogP contribution in [0.4, 0.5) is 14.7 Å². The standard InChI is InChI=1S/C15H9F2IN2O/c16-8-5-6-9(11(17)7-8)13-14(20-21-15(13)19)10-3-1-2-4-12(10)18/h1-7H,19H2. The van der Waals surface area contributed by atoms with Crippen LogP contribution >= 0.6 is 22.6 Å². The zero-order valence-corrected chi connectivity index (χ0v) is 12.8. The van der Waals surface area contributed by atoms with Gasteiger partial charge in [-0.3, -0.25) is 0 Å². The van der Waals surface area contributed by atoms with E-state index in [-0.39, 0.29) is 11.4 Å². The van der Waals surface area contributed by atoms with Crippen LogP contribution in [0.1, 0.15) is 0 Å². The molecule has 0 unspecified atom stereocenters. The fraction of sp³-hybridized carbons (Fsp3) is 0. The number of benzene rings is 2. The minimum absolute atomic E-state index is 0.00448. The second kappa shape index (κ2) is 5.44. The van der Waals surface area contributed by atoms with Crippen LogP contribution in [0.5, 0.6) is 0 Å². The van der Waals surface area contributed by atoms with Crippen LogP contribution in [0.15, 0.2) is 47.0 Å². The van der Waals surface area contributed by atoms with Crippen molar-refractivity contribution in [2.75, 3.05) is 5.73 Å². The van der Waals surface area contributed by atoms with Crippen LogP contribution in [-0.4, -0.2) is 5.16 Å². The summed E-state index contributed by atoms with van der Waals surface area (Å²) < 4.78 is 33.0. The summed E-state index contributed by atoms with van der Waals surface area (Å²) in [5, 5.41) is 3.92. The van der Waals surface area contributed by atoms with Crippen molar-refractivity contribution in [2.45, 2.75) is 0 Å². The third-order valence-electron chi connectivity index (χ3n) is 3.05. The summed E-state index contributed by atoms with van der Waals surface area (Å²) in [6.07, 6.45) is 0. The predicted octanol–water partition coefficient (Wildman–Crippen LogP) is 4.47. The van der Waals surface area contributed by atoms with E-state index < -0.39 is 11.6 Å². The van der Waals surface area contributed by atoms with Crippen molar-refractivity contribution >= 4 is 28.5 Å². The molecule has 0 amide bonds. The zero-order chi connectivity index (χ0) is 15.0. The van der Waals surface area contributed by atoms with Gasteiger partial charge in [0.05, 0.1) is 5.56 Å². The second-order valence-corrected chi connectivity index (χ2v) is 5.54. The number of aromatic nitrogens is 1. The molecule has 1 heterocycles. The molecule has 2 aromatic carbocycles. The number of halogens is 3. The number of nitrogen functional groups attached to an aromatic ring is 1. The molecule has 6 heteroatoms. The summed E-state index contributed by atoms with van der Waals surface area (Å²) in [6, 6.07) is 10.8. The highest BCUT2D eigenvalue weighted by Crippen LogP contribution is 2.38. The van der Waals surface area contributed by atoms with Gasteiger partial charge in [0.1, 0.15) is 17.3 Å². The molecule has 21 heavy (non-hydrogen) atoms. The second-order valence-electron chi connectivity index (χ2n) is 4.37. The smallest absolute Gasteiger partial charge is 0.230 e. The van der Waals surface area contributed by atoms with E-state index >= 15 is 0 Å². The van der Waals surface area contributed by atoms with Crippen LogP contribution in [0, 0.1) is 15.2 Å². The maximum Gasteiger partial charge on any atom is 0.230 e. The van der Waals surface area contributed by atoms with Gasteiger partial charge in [-0.05, 0) is 40.8 Å². The Morgan fingerprint density at radius 1 is 1.05 bits per heavy atom. The molecule has 0 radical (unpaired) electrons. The molecule has 2 N–H and O–H groups in total. The summed E-state index contributed by atoms with van der Waals surface area (Å²) in [4.78, 5) is 0. The lowest BCUT2D eigenvalue weighted by Crippen LogP contribution is -1.92. The van der Waals surface area contributed by atoms with Crippen LogP contribution in [0.2, 0.25) is 0 Å². The number of rotatable bonds is 2. The van der Waals surface area contributed by atoms with Crippen LogP contribution in [-0.2, 0) is 0 Å². The van der Waals surface area contributed by atoms with Gasteiger partial charge in [-0.2, -0.15) is 0 Å². The maximum absolute atomic E-state index is 14.0. The Labute approximate surface area is 132 Å². The van der Waals surface area contributed by atoms with Gasteiger partial charge < -0.3 is 10.3 Å². The molecular weight excluding hydrogens is 389 g/mol. The maximum atomic E-state index is 14.0. The Hall–Kier alpha value is -1.96. The topological polar surface area (TPSA) is 52.0 Å². The zero-order valence-electron chi connectivity index (χ0n) is 10.6. The molecule has 0 saturated carbocycles. The van der Waals surface area contributed by atoms with Crippen molar-refractivity contribution in [3.05, 3.63) is 57.7 Å². The molecule has 106 valence electrons. The predicted molar refractivity (Wildman–Crippen MR) is 84.4 cm³/mol. The van der Waals surface area contributed by atoms with E-state index in [0.29, 0.717) is 11.3 Å². The average Bonchev–Trinajstić information content (AvgIpc) is 2.81. The molecule has 0 atom stereocenters. The van der Waals surface area contributed by atoms with E-state index in [1.165, 1.54) is 12.1 Å². The Balaban J connectivity index is 2.25. The SMILES string of the molecule is Nc1onc(-c2ccccc2I)c1-c1ccc(F)cc1F. The molecule has 0 aliphatic heterocycles. The quantitative estimate of drug-likeness (QED) is 0.648. The van der Waals surface area contributed by atoms with Crippen molar-refractivity contribution in [2.24, 2.45) is 0 Å². The Morgan fingerprint density at radius 2 is 1.81 bits per heavy atom. The molecule has 0 aliphatic carbocycles. The molecule has 1 aromatic heterocycles. The average molecular weight is 398 g/mol. The summed E-state index contributed by atoms with van der Waals surface area (Å²) >= 11 is 2.15. The Kier molecular flexibility index (Phi) is 3.62. The van der Waals surface area contributed by atoms with Crippen LogP contribution < -0.4 is 5.73 Å². The van der Waals surface area contributed by atoms with E-state index in [0.717, 1.165) is 15.2 Å². The first kappa shape index (κ1) is 14.0. The molecular formula is C15H9F2IN2O. The van der Waals surface area contributed by atoms with Gasteiger partial charge >= 0.3 is 0 Å². The van der Waals surface area contributed by atoms with Crippen molar-refractivity contribution in [3.8, 4) is 22.4 Å². The van der Waals surface area contributed by atoms with E-state index in [2.05, 4.69) is 27.7 Å². The Morgan fingerprint density at radius 3 is 2.52 bits per heavy atom. The van der Waals surface area contributed by atoms with Gasteiger partial charge in [-0.15, -0.1) is 0 Å². The van der Waals surface area contributed by atoms with Crippen molar-refractivity contribution in [1.29, 1.82) is 0 Å². The van der Waals surface area contributed by atoms with E-state index in [1.54, 1.807) is 0 Å². The lowest BCUT2D eigenvalue weighted by Gasteiger charge is -2.06. The highest BCUT2D eigenvalue weighted by atomic mass is 127. The molecule has 0 fully saturated rings. The first-order chi connectivity index (χ1) is 10.1. The van der Waals surface area contributed by atoms with E-state index in [1.807, 2.05) is 24.3 Å². The normalized spacial score (nSPS) is 10.8. The highest BCUT2D eigenvalue weighted by Gasteiger charge is 2.21. The van der Waals surface area contributed by atoms with Gasteiger partial charge in [0.15, 0.2) is 0 Å². The van der Waals surface area contributed by atoms with Gasteiger partial charge in [0.2, 0.25) is 5.88 Å². The number of nitrogens with zero attached hydrogens (tertiary/aromatic N) is 1. The fourth-order valence-corrected chi connectivity index (χ4v) is 2.74. The number of hydrogen-bond acceptors (Lipinski definition) is 3. The van der Waals surface area contributed by atoms with Gasteiger partial charge in [-0.1, -0.05) is 23.4 Å². The summed E-state index contributed by atoms with van der Waals surface area (Å²) in [6.45, 7) is 0. The third-order valence-corrected chi connectivity index (χ3v) is 3.99. The molecule has 0 spiro atoms. The number of nitrogens with two attached hydrogens (primary N) is 1. The lowest BCUT2D eigenvalue weighted by molar-refractivity contribution is 0.439. The summed E-state index contributed by atoms with van der Waals surface area (Å²) in [5.41, 5.74) is 7.47. The minimum atomic E-state index is -0.711. The Bertz CT molecular complexity index is 817. The molecule has 3 rings (SSSR count). The molecule has 0 aliphatic rings. The number of hydrogen-bond donors (Lipinski definition) is 1. The first-order valence-electron chi connectivity index (χ1n) is 6.03. The molecule has 3 nitrogen and oxygen atoms in total.